The van der Waals surface area contributed by atoms with E-state index >= 15 is 0 Å². The Hall–Kier alpha value is -1.40. The first kappa shape index (κ1) is 15.0. The highest BCUT2D eigenvalue weighted by Gasteiger charge is 2.37. The molecule has 20 heavy (non-hydrogen) atoms. The third-order valence-corrected chi connectivity index (χ3v) is 3.93. The molecule has 1 heterocycles. The molecule has 0 aliphatic heterocycles. The molecule has 0 radical (unpaired) electrons. The van der Waals surface area contributed by atoms with Crippen molar-refractivity contribution in [1.82, 2.24) is 10.3 Å². The standard InChI is InChI=1S/C14H15F3N2S/c1-18-9-11-13(14(15,16)17)19-12(20-11)8-7-10-5-3-2-4-6-10/h2-6,18H,7-9H2,1H3. The number of thiazole rings is 1. The van der Waals surface area contributed by atoms with Gasteiger partial charge in [0, 0.05) is 13.0 Å². The quantitative estimate of drug-likeness (QED) is 0.911. The summed E-state index contributed by atoms with van der Waals surface area (Å²) in [6, 6.07) is 9.69. The van der Waals surface area contributed by atoms with Crippen LogP contribution >= 0.6 is 11.3 Å². The van der Waals surface area contributed by atoms with Gasteiger partial charge in [-0.15, -0.1) is 11.3 Å². The van der Waals surface area contributed by atoms with E-state index in [0.29, 0.717) is 17.8 Å². The van der Waals surface area contributed by atoms with Crippen LogP contribution in [-0.4, -0.2) is 12.0 Å². The van der Waals surface area contributed by atoms with Gasteiger partial charge in [-0.1, -0.05) is 30.3 Å². The second-order valence-electron chi connectivity index (χ2n) is 4.39. The van der Waals surface area contributed by atoms with E-state index in [-0.39, 0.29) is 11.4 Å². The summed E-state index contributed by atoms with van der Waals surface area (Å²) < 4.78 is 38.6. The highest BCUT2D eigenvalue weighted by Crippen LogP contribution is 2.34. The highest BCUT2D eigenvalue weighted by molar-refractivity contribution is 7.11. The second kappa shape index (κ2) is 6.37. The molecule has 6 heteroatoms. The number of nitrogens with one attached hydrogen (secondary N) is 1. The number of halogens is 3. The zero-order valence-corrected chi connectivity index (χ0v) is 11.8. The smallest absolute Gasteiger partial charge is 0.315 e. The fourth-order valence-corrected chi connectivity index (χ4v) is 3.01. The minimum Gasteiger partial charge on any atom is -0.315 e. The molecule has 1 N–H and O–H groups in total. The minimum atomic E-state index is -4.38. The third-order valence-electron chi connectivity index (χ3n) is 2.82. The maximum absolute atomic E-state index is 12.9. The average molecular weight is 300 g/mol. The molecule has 0 unspecified atom stereocenters. The first-order valence-electron chi connectivity index (χ1n) is 6.25. The van der Waals surface area contributed by atoms with E-state index < -0.39 is 11.9 Å². The molecule has 0 spiro atoms. The normalized spacial score (nSPS) is 11.8. The summed E-state index contributed by atoms with van der Waals surface area (Å²) in [6.45, 7) is 0.192. The van der Waals surface area contributed by atoms with Gasteiger partial charge in [0.2, 0.25) is 0 Å². The molecule has 0 atom stereocenters. The van der Waals surface area contributed by atoms with Crippen LogP contribution in [-0.2, 0) is 25.6 Å². The van der Waals surface area contributed by atoms with Crippen molar-refractivity contribution in [2.45, 2.75) is 25.6 Å². The van der Waals surface area contributed by atoms with Crippen LogP contribution in [0, 0.1) is 0 Å². The number of aromatic nitrogens is 1. The average Bonchev–Trinajstić information content (AvgIpc) is 2.81. The molecule has 0 saturated carbocycles. The molecule has 0 saturated heterocycles. The van der Waals surface area contributed by atoms with Crippen molar-refractivity contribution in [2.24, 2.45) is 0 Å². The van der Waals surface area contributed by atoms with E-state index in [9.17, 15) is 13.2 Å². The largest absolute Gasteiger partial charge is 0.434 e. The number of hydrogen-bond donors (Lipinski definition) is 1. The van der Waals surface area contributed by atoms with Gasteiger partial charge in [0.25, 0.3) is 0 Å². The molecule has 0 aliphatic carbocycles. The molecule has 1 aromatic heterocycles. The van der Waals surface area contributed by atoms with E-state index in [1.54, 1.807) is 7.05 Å². The summed E-state index contributed by atoms with van der Waals surface area (Å²) in [5.41, 5.74) is 0.353. The van der Waals surface area contributed by atoms with Gasteiger partial charge < -0.3 is 5.32 Å². The van der Waals surface area contributed by atoms with Crippen LogP contribution in [0.15, 0.2) is 30.3 Å². The monoisotopic (exact) mass is 300 g/mol. The number of alkyl halides is 3. The molecule has 108 valence electrons. The van der Waals surface area contributed by atoms with Gasteiger partial charge in [0.15, 0.2) is 5.69 Å². The van der Waals surface area contributed by atoms with Crippen molar-refractivity contribution in [3.63, 3.8) is 0 Å². The molecular weight excluding hydrogens is 285 g/mol. The number of hydrogen-bond acceptors (Lipinski definition) is 3. The SMILES string of the molecule is CNCc1sc(CCc2ccccc2)nc1C(F)(F)F. The zero-order chi connectivity index (χ0) is 14.6. The fourth-order valence-electron chi connectivity index (χ4n) is 1.91. The Morgan fingerprint density at radius 1 is 1.15 bits per heavy atom. The maximum Gasteiger partial charge on any atom is 0.434 e. The van der Waals surface area contributed by atoms with E-state index in [1.165, 1.54) is 0 Å². The van der Waals surface area contributed by atoms with Crippen molar-refractivity contribution >= 4 is 11.3 Å². The van der Waals surface area contributed by atoms with Crippen LogP contribution in [0.2, 0.25) is 0 Å². The molecule has 0 bridgehead atoms. The Morgan fingerprint density at radius 3 is 2.45 bits per heavy atom. The van der Waals surface area contributed by atoms with Gasteiger partial charge in [0.1, 0.15) is 0 Å². The summed E-state index contributed by atoms with van der Waals surface area (Å²) in [5, 5.41) is 3.29. The fraction of sp³-hybridized carbons (Fsp3) is 0.357. The summed E-state index contributed by atoms with van der Waals surface area (Å²) in [6.07, 6.45) is -3.15. The minimum absolute atomic E-state index is 0.192. The lowest BCUT2D eigenvalue weighted by Gasteiger charge is -2.04. The number of rotatable bonds is 5. The van der Waals surface area contributed by atoms with E-state index in [2.05, 4.69) is 10.3 Å². The van der Waals surface area contributed by atoms with Crippen molar-refractivity contribution in [3.8, 4) is 0 Å². The van der Waals surface area contributed by atoms with E-state index in [0.717, 1.165) is 16.9 Å². The Bertz CT molecular complexity index is 549. The number of nitrogens with zero attached hydrogens (tertiary/aromatic N) is 1. The first-order chi connectivity index (χ1) is 9.50. The predicted octanol–water partition coefficient (Wildman–Crippen LogP) is 3.67. The molecule has 0 amide bonds. The van der Waals surface area contributed by atoms with E-state index in [1.807, 2.05) is 30.3 Å². The van der Waals surface area contributed by atoms with Crippen molar-refractivity contribution in [1.29, 1.82) is 0 Å². The first-order valence-corrected chi connectivity index (χ1v) is 7.06. The Labute approximate surface area is 119 Å². The van der Waals surface area contributed by atoms with Crippen LogP contribution in [0.4, 0.5) is 13.2 Å². The lowest BCUT2D eigenvalue weighted by Crippen LogP contribution is -2.12. The lowest BCUT2D eigenvalue weighted by molar-refractivity contribution is -0.141. The van der Waals surface area contributed by atoms with Gasteiger partial charge in [-0.25, -0.2) is 4.98 Å². The van der Waals surface area contributed by atoms with Crippen LogP contribution < -0.4 is 5.32 Å². The molecule has 2 nitrogen and oxygen atoms in total. The second-order valence-corrected chi connectivity index (χ2v) is 5.56. The van der Waals surface area contributed by atoms with Gasteiger partial charge in [-0.2, -0.15) is 13.2 Å². The van der Waals surface area contributed by atoms with Gasteiger partial charge >= 0.3 is 6.18 Å². The van der Waals surface area contributed by atoms with Gasteiger partial charge in [0.05, 0.1) is 9.88 Å². The summed E-state index contributed by atoms with van der Waals surface area (Å²) in [7, 11) is 1.63. The van der Waals surface area contributed by atoms with Crippen molar-refractivity contribution in [2.75, 3.05) is 7.05 Å². The maximum atomic E-state index is 12.9. The lowest BCUT2D eigenvalue weighted by atomic mass is 10.1. The Morgan fingerprint density at radius 2 is 1.85 bits per heavy atom. The molecule has 1 aromatic carbocycles. The van der Waals surface area contributed by atoms with Gasteiger partial charge in [-0.05, 0) is 19.0 Å². The predicted molar refractivity (Wildman–Crippen MR) is 73.7 cm³/mol. The number of benzene rings is 1. The highest BCUT2D eigenvalue weighted by atomic mass is 32.1. The third kappa shape index (κ3) is 3.80. The van der Waals surface area contributed by atoms with E-state index in [4.69, 9.17) is 0 Å². The van der Waals surface area contributed by atoms with Gasteiger partial charge in [-0.3, -0.25) is 0 Å². The van der Waals surface area contributed by atoms with Crippen LogP contribution in [0.3, 0.4) is 0 Å². The molecule has 2 rings (SSSR count). The summed E-state index contributed by atoms with van der Waals surface area (Å²) in [4.78, 5) is 4.02. The van der Waals surface area contributed by atoms with Crippen LogP contribution in [0.5, 0.6) is 0 Å². The molecule has 0 aliphatic rings. The molecular formula is C14H15F3N2S. The summed E-state index contributed by atoms with van der Waals surface area (Å²) in [5.74, 6) is 0. The van der Waals surface area contributed by atoms with Crippen LogP contribution in [0.1, 0.15) is 21.1 Å². The molecule has 2 aromatic rings. The topological polar surface area (TPSA) is 24.9 Å². The summed E-state index contributed by atoms with van der Waals surface area (Å²) >= 11 is 1.14. The van der Waals surface area contributed by atoms with Crippen molar-refractivity contribution < 1.29 is 13.2 Å². The Balaban J connectivity index is 2.12. The Kier molecular flexibility index (Phi) is 4.77. The van der Waals surface area contributed by atoms with Crippen LogP contribution in [0.25, 0.3) is 0 Å². The number of aryl methyl sites for hydroxylation is 2. The zero-order valence-electron chi connectivity index (χ0n) is 11.0. The molecule has 0 fully saturated rings. The van der Waals surface area contributed by atoms with Crippen molar-refractivity contribution in [3.05, 3.63) is 51.5 Å².